The van der Waals surface area contributed by atoms with E-state index in [9.17, 15) is 0 Å². The first-order valence-corrected chi connectivity index (χ1v) is 4.91. The van der Waals surface area contributed by atoms with Crippen molar-refractivity contribution in [3.63, 3.8) is 0 Å². The third-order valence-corrected chi connectivity index (χ3v) is 2.77. The summed E-state index contributed by atoms with van der Waals surface area (Å²) in [6.07, 6.45) is 0.264. The van der Waals surface area contributed by atoms with Crippen LogP contribution in [0.1, 0.15) is 11.7 Å². The van der Waals surface area contributed by atoms with Gasteiger partial charge in [-0.05, 0) is 17.7 Å². The van der Waals surface area contributed by atoms with Gasteiger partial charge in [0.15, 0.2) is 0 Å². The van der Waals surface area contributed by atoms with Crippen molar-refractivity contribution in [2.75, 3.05) is 6.61 Å². The van der Waals surface area contributed by atoms with Gasteiger partial charge in [-0.3, -0.25) is 0 Å². The van der Waals surface area contributed by atoms with Crippen LogP contribution in [-0.4, -0.2) is 18.8 Å². The van der Waals surface area contributed by atoms with Crippen LogP contribution in [0, 0.1) is 0 Å². The fourth-order valence-corrected chi connectivity index (χ4v) is 1.81. The van der Waals surface area contributed by atoms with Crippen molar-refractivity contribution in [1.82, 2.24) is 0 Å². The molecular formula is C10H9ClO3. The topological polar surface area (TPSA) is 31.0 Å². The molecule has 2 fully saturated rings. The molecule has 74 valence electrons. The molecule has 2 saturated heterocycles. The average Bonchev–Trinajstić information content (AvgIpc) is 2.97. The Kier molecular flexibility index (Phi) is 1.99. The smallest absolute Gasteiger partial charge is 0.147 e. The summed E-state index contributed by atoms with van der Waals surface area (Å²) in [5, 5.41) is 0.721. The molecule has 0 N–H and O–H groups in total. The summed E-state index contributed by atoms with van der Waals surface area (Å²) in [6, 6.07) is 7.54. The second-order valence-electron chi connectivity index (χ2n) is 3.49. The van der Waals surface area contributed by atoms with Crippen molar-refractivity contribution in [2.24, 2.45) is 0 Å². The third kappa shape index (κ3) is 1.42. The van der Waals surface area contributed by atoms with Gasteiger partial charge in [0.25, 0.3) is 0 Å². The van der Waals surface area contributed by atoms with Crippen LogP contribution in [0.2, 0.25) is 5.02 Å². The first-order chi connectivity index (χ1) is 6.84. The lowest BCUT2D eigenvalue weighted by atomic mass is 10.0. The maximum Gasteiger partial charge on any atom is 0.147 e. The number of halogens is 1. The van der Waals surface area contributed by atoms with Crippen LogP contribution in [0.15, 0.2) is 24.3 Å². The van der Waals surface area contributed by atoms with E-state index in [1.807, 2.05) is 24.3 Å². The second kappa shape index (κ2) is 3.21. The highest BCUT2D eigenvalue weighted by molar-refractivity contribution is 6.30. The summed E-state index contributed by atoms with van der Waals surface area (Å²) in [5.74, 6) is 0. The molecule has 0 bridgehead atoms. The summed E-state index contributed by atoms with van der Waals surface area (Å²) in [5.41, 5.74) is 1.04. The fourth-order valence-electron chi connectivity index (χ4n) is 1.69. The van der Waals surface area contributed by atoms with E-state index in [1.54, 1.807) is 0 Å². The fraction of sp³-hybridized carbons (Fsp3) is 0.400. The number of fused-ring (bicyclic) bond motifs is 1. The number of ether oxygens (including phenoxy) is 1. The average molecular weight is 213 g/mol. The molecule has 2 heterocycles. The molecular weight excluding hydrogens is 204 g/mol. The molecule has 0 unspecified atom stereocenters. The van der Waals surface area contributed by atoms with E-state index in [4.69, 9.17) is 26.1 Å². The summed E-state index contributed by atoms with van der Waals surface area (Å²) in [6.45, 7) is 0.536. The number of rotatable bonds is 1. The Bertz CT molecular complexity index is 338. The SMILES string of the molecule is Clc1ccc([C@H]2OOC[C@@H]3O[C@@H]32)cc1. The third-order valence-electron chi connectivity index (χ3n) is 2.52. The molecule has 3 nitrogen and oxygen atoms in total. The van der Waals surface area contributed by atoms with E-state index in [2.05, 4.69) is 0 Å². The molecule has 2 aliphatic heterocycles. The molecule has 0 radical (unpaired) electrons. The Morgan fingerprint density at radius 3 is 2.79 bits per heavy atom. The summed E-state index contributed by atoms with van der Waals surface area (Å²) >= 11 is 5.79. The van der Waals surface area contributed by atoms with Gasteiger partial charge in [-0.1, -0.05) is 23.7 Å². The van der Waals surface area contributed by atoms with Crippen molar-refractivity contribution < 1.29 is 14.5 Å². The van der Waals surface area contributed by atoms with Crippen LogP contribution >= 0.6 is 11.6 Å². The van der Waals surface area contributed by atoms with Crippen LogP contribution in [0.25, 0.3) is 0 Å². The largest absolute Gasteiger partial charge is 0.364 e. The Morgan fingerprint density at radius 1 is 1.21 bits per heavy atom. The zero-order valence-electron chi connectivity index (χ0n) is 7.35. The Labute approximate surface area is 86.5 Å². The molecule has 14 heavy (non-hydrogen) atoms. The standard InChI is InChI=1S/C10H9ClO3/c11-7-3-1-6(2-4-7)9-10-8(13-10)5-12-14-9/h1-4,8-10H,5H2/t8-,9+,10-/m0/s1. The maximum atomic E-state index is 5.79. The van der Waals surface area contributed by atoms with Crippen molar-refractivity contribution >= 4 is 11.6 Å². The van der Waals surface area contributed by atoms with Crippen molar-refractivity contribution in [1.29, 1.82) is 0 Å². The van der Waals surface area contributed by atoms with Gasteiger partial charge in [0, 0.05) is 5.02 Å². The second-order valence-corrected chi connectivity index (χ2v) is 3.93. The zero-order valence-corrected chi connectivity index (χ0v) is 8.11. The number of benzene rings is 1. The van der Waals surface area contributed by atoms with Crippen LogP contribution in [0.3, 0.4) is 0 Å². The molecule has 0 spiro atoms. The van der Waals surface area contributed by atoms with Crippen molar-refractivity contribution in [2.45, 2.75) is 18.3 Å². The molecule has 0 aromatic heterocycles. The quantitative estimate of drug-likeness (QED) is 0.528. The number of epoxide rings is 1. The predicted octanol–water partition coefficient (Wildman–Crippen LogP) is 2.11. The first-order valence-electron chi connectivity index (χ1n) is 4.54. The lowest BCUT2D eigenvalue weighted by Crippen LogP contribution is -2.22. The van der Waals surface area contributed by atoms with Crippen LogP contribution in [0.5, 0.6) is 0 Å². The predicted molar refractivity (Wildman–Crippen MR) is 49.9 cm³/mol. The Morgan fingerprint density at radius 2 is 2.00 bits per heavy atom. The molecule has 2 aliphatic rings. The molecule has 3 atom stereocenters. The normalized spacial score (nSPS) is 35.1. The Balaban J connectivity index is 1.84. The summed E-state index contributed by atoms with van der Waals surface area (Å²) in [4.78, 5) is 10.2. The van der Waals surface area contributed by atoms with Crippen LogP contribution in [-0.2, 0) is 14.5 Å². The molecule has 0 saturated carbocycles. The van der Waals surface area contributed by atoms with E-state index in [0.717, 1.165) is 10.6 Å². The zero-order chi connectivity index (χ0) is 9.54. The Hall–Kier alpha value is -0.610. The highest BCUT2D eigenvalue weighted by Gasteiger charge is 2.50. The van der Waals surface area contributed by atoms with E-state index in [1.165, 1.54) is 0 Å². The molecule has 0 aliphatic carbocycles. The van der Waals surface area contributed by atoms with E-state index in [0.29, 0.717) is 6.61 Å². The number of hydrogen-bond donors (Lipinski definition) is 0. The van der Waals surface area contributed by atoms with Gasteiger partial charge in [-0.2, -0.15) is 0 Å². The van der Waals surface area contributed by atoms with Gasteiger partial charge < -0.3 is 4.74 Å². The highest BCUT2D eigenvalue weighted by Crippen LogP contribution is 2.40. The van der Waals surface area contributed by atoms with E-state index in [-0.39, 0.29) is 18.3 Å². The molecule has 3 rings (SSSR count). The van der Waals surface area contributed by atoms with Gasteiger partial charge in [0.2, 0.25) is 0 Å². The van der Waals surface area contributed by atoms with E-state index < -0.39 is 0 Å². The van der Waals surface area contributed by atoms with Crippen molar-refractivity contribution in [3.8, 4) is 0 Å². The summed E-state index contributed by atoms with van der Waals surface area (Å²) < 4.78 is 5.39. The van der Waals surface area contributed by atoms with Gasteiger partial charge in [-0.25, -0.2) is 9.78 Å². The van der Waals surface area contributed by atoms with Crippen molar-refractivity contribution in [3.05, 3.63) is 34.9 Å². The highest BCUT2D eigenvalue weighted by atomic mass is 35.5. The van der Waals surface area contributed by atoms with Gasteiger partial charge in [-0.15, -0.1) is 0 Å². The monoisotopic (exact) mass is 212 g/mol. The maximum absolute atomic E-state index is 5.79. The molecule has 4 heteroatoms. The van der Waals surface area contributed by atoms with Crippen LogP contribution in [0.4, 0.5) is 0 Å². The van der Waals surface area contributed by atoms with Gasteiger partial charge >= 0.3 is 0 Å². The van der Waals surface area contributed by atoms with E-state index >= 15 is 0 Å². The number of hydrogen-bond acceptors (Lipinski definition) is 3. The molecule has 1 aromatic rings. The minimum absolute atomic E-state index is 0.106. The summed E-state index contributed by atoms with van der Waals surface area (Å²) in [7, 11) is 0. The van der Waals surface area contributed by atoms with Crippen LogP contribution < -0.4 is 0 Å². The molecule has 0 amide bonds. The van der Waals surface area contributed by atoms with Gasteiger partial charge in [0.05, 0.1) is 0 Å². The lowest BCUT2D eigenvalue weighted by Gasteiger charge is -2.18. The van der Waals surface area contributed by atoms with Gasteiger partial charge in [0.1, 0.15) is 24.9 Å². The first kappa shape index (κ1) is 8.68. The minimum Gasteiger partial charge on any atom is -0.364 e. The lowest BCUT2D eigenvalue weighted by molar-refractivity contribution is -0.339. The molecule has 1 aromatic carbocycles. The minimum atomic E-state index is -0.106.